The van der Waals surface area contributed by atoms with Crippen molar-refractivity contribution in [3.05, 3.63) is 29.8 Å². The fourth-order valence-corrected chi connectivity index (χ4v) is 2.42. The molecule has 0 aliphatic rings. The molecule has 1 atom stereocenters. The van der Waals surface area contributed by atoms with Crippen LogP contribution >= 0.6 is 0 Å². The minimum absolute atomic E-state index is 0.0753. The van der Waals surface area contributed by atoms with Crippen LogP contribution in [0.2, 0.25) is 0 Å². The standard InChI is InChI=1S/C17H24N2O2/c1-17(2,3)14(8-9-16(20)21)10-11-19-15-7-5-4-6-13(15)12-18/h4-7,14,19H,8-11H2,1-3H3,(H,20,21). The van der Waals surface area contributed by atoms with Crippen LogP contribution in [0.15, 0.2) is 24.3 Å². The number of hydrogen-bond acceptors (Lipinski definition) is 3. The van der Waals surface area contributed by atoms with Crippen molar-refractivity contribution >= 4 is 11.7 Å². The molecule has 114 valence electrons. The Morgan fingerprint density at radius 2 is 2.00 bits per heavy atom. The fourth-order valence-electron chi connectivity index (χ4n) is 2.42. The molecule has 0 amide bonds. The minimum Gasteiger partial charge on any atom is -0.481 e. The third-order valence-electron chi connectivity index (χ3n) is 3.79. The molecule has 0 aromatic heterocycles. The average molecular weight is 288 g/mol. The summed E-state index contributed by atoms with van der Waals surface area (Å²) in [7, 11) is 0. The molecule has 0 saturated heterocycles. The van der Waals surface area contributed by atoms with E-state index in [4.69, 9.17) is 10.4 Å². The van der Waals surface area contributed by atoms with Gasteiger partial charge < -0.3 is 10.4 Å². The Hall–Kier alpha value is -2.02. The highest BCUT2D eigenvalue weighted by atomic mass is 16.4. The molecule has 2 N–H and O–H groups in total. The Labute approximate surface area is 126 Å². The van der Waals surface area contributed by atoms with Crippen LogP contribution in [-0.2, 0) is 4.79 Å². The second-order valence-corrected chi connectivity index (χ2v) is 6.37. The molecule has 0 aliphatic heterocycles. The van der Waals surface area contributed by atoms with Crippen LogP contribution in [0.4, 0.5) is 5.69 Å². The van der Waals surface area contributed by atoms with Gasteiger partial charge >= 0.3 is 5.97 Å². The third kappa shape index (κ3) is 5.86. The Morgan fingerprint density at radius 3 is 2.57 bits per heavy atom. The number of benzene rings is 1. The highest BCUT2D eigenvalue weighted by Crippen LogP contribution is 2.32. The number of rotatable bonds is 7. The summed E-state index contributed by atoms with van der Waals surface area (Å²) in [6.45, 7) is 7.16. The lowest BCUT2D eigenvalue weighted by molar-refractivity contribution is -0.137. The van der Waals surface area contributed by atoms with Crippen LogP contribution in [0.3, 0.4) is 0 Å². The first-order chi connectivity index (χ1) is 9.84. The number of carbonyl (C=O) groups is 1. The molecular weight excluding hydrogens is 264 g/mol. The molecule has 0 fully saturated rings. The van der Waals surface area contributed by atoms with Gasteiger partial charge in [-0.3, -0.25) is 4.79 Å². The van der Waals surface area contributed by atoms with Crippen LogP contribution in [0.25, 0.3) is 0 Å². The summed E-state index contributed by atoms with van der Waals surface area (Å²) in [5.74, 6) is -0.414. The summed E-state index contributed by atoms with van der Waals surface area (Å²) in [6, 6.07) is 9.58. The van der Waals surface area contributed by atoms with Crippen molar-refractivity contribution in [2.75, 3.05) is 11.9 Å². The number of aliphatic carboxylic acids is 1. The van der Waals surface area contributed by atoms with Gasteiger partial charge in [0.15, 0.2) is 0 Å². The van der Waals surface area contributed by atoms with Crippen molar-refractivity contribution in [3.63, 3.8) is 0 Å². The van der Waals surface area contributed by atoms with E-state index in [0.717, 1.165) is 18.7 Å². The summed E-state index contributed by atoms with van der Waals surface area (Å²) < 4.78 is 0. The number of nitrogens with zero attached hydrogens (tertiary/aromatic N) is 1. The van der Waals surface area contributed by atoms with Gasteiger partial charge in [0.05, 0.1) is 11.3 Å². The average Bonchev–Trinajstić information content (AvgIpc) is 2.41. The molecule has 1 rings (SSSR count). The zero-order valence-corrected chi connectivity index (χ0v) is 13.0. The van der Waals surface area contributed by atoms with Crippen LogP contribution in [0, 0.1) is 22.7 Å². The van der Waals surface area contributed by atoms with Gasteiger partial charge in [-0.2, -0.15) is 5.26 Å². The van der Waals surface area contributed by atoms with Gasteiger partial charge in [-0.25, -0.2) is 0 Å². The van der Waals surface area contributed by atoms with Crippen LogP contribution < -0.4 is 5.32 Å². The van der Waals surface area contributed by atoms with Crippen LogP contribution in [0.1, 0.15) is 45.6 Å². The zero-order chi connectivity index (χ0) is 15.9. The normalized spacial score (nSPS) is 12.5. The fraction of sp³-hybridized carbons (Fsp3) is 0.529. The Balaban J connectivity index is 2.57. The second-order valence-electron chi connectivity index (χ2n) is 6.37. The van der Waals surface area contributed by atoms with E-state index in [0.29, 0.717) is 17.9 Å². The van der Waals surface area contributed by atoms with E-state index in [9.17, 15) is 4.79 Å². The van der Waals surface area contributed by atoms with Gasteiger partial charge in [0, 0.05) is 13.0 Å². The predicted molar refractivity (Wildman–Crippen MR) is 84.1 cm³/mol. The Bertz CT molecular complexity index is 512. The summed E-state index contributed by atoms with van der Waals surface area (Å²) >= 11 is 0. The molecule has 0 bridgehead atoms. The summed E-state index contributed by atoms with van der Waals surface area (Å²) in [5.41, 5.74) is 1.55. The van der Waals surface area contributed by atoms with Crippen molar-refractivity contribution < 1.29 is 9.90 Å². The highest BCUT2D eigenvalue weighted by Gasteiger charge is 2.24. The van der Waals surface area contributed by atoms with E-state index in [1.54, 1.807) is 6.07 Å². The SMILES string of the molecule is CC(C)(C)C(CCNc1ccccc1C#N)CCC(=O)O. The van der Waals surface area contributed by atoms with Crippen LogP contribution in [0.5, 0.6) is 0 Å². The summed E-state index contributed by atoms with van der Waals surface area (Å²) in [6.07, 6.45) is 1.77. The maximum absolute atomic E-state index is 10.8. The zero-order valence-electron chi connectivity index (χ0n) is 13.0. The Kier molecular flexibility index (Phi) is 6.23. The van der Waals surface area contributed by atoms with Crippen molar-refractivity contribution in [2.45, 2.75) is 40.0 Å². The molecule has 0 saturated carbocycles. The lowest BCUT2D eigenvalue weighted by atomic mass is 9.76. The van der Waals surface area contributed by atoms with Crippen molar-refractivity contribution in [1.29, 1.82) is 5.26 Å². The third-order valence-corrected chi connectivity index (χ3v) is 3.79. The highest BCUT2D eigenvalue weighted by molar-refractivity contribution is 5.66. The topological polar surface area (TPSA) is 73.1 Å². The van der Waals surface area contributed by atoms with E-state index in [2.05, 4.69) is 32.2 Å². The molecule has 1 unspecified atom stereocenters. The number of hydrogen-bond donors (Lipinski definition) is 2. The van der Waals surface area contributed by atoms with E-state index in [-0.39, 0.29) is 11.8 Å². The smallest absolute Gasteiger partial charge is 0.303 e. The molecule has 0 aliphatic carbocycles. The second kappa shape index (κ2) is 7.68. The number of nitrogens with one attached hydrogen (secondary N) is 1. The van der Waals surface area contributed by atoms with E-state index >= 15 is 0 Å². The molecule has 4 nitrogen and oxygen atoms in total. The molecular formula is C17H24N2O2. The van der Waals surface area contributed by atoms with Gasteiger partial charge in [0.25, 0.3) is 0 Å². The first-order valence-corrected chi connectivity index (χ1v) is 7.29. The van der Waals surface area contributed by atoms with Crippen molar-refractivity contribution in [1.82, 2.24) is 0 Å². The van der Waals surface area contributed by atoms with Gasteiger partial charge in [-0.15, -0.1) is 0 Å². The Morgan fingerprint density at radius 1 is 1.33 bits per heavy atom. The first kappa shape index (κ1) is 17.0. The van der Waals surface area contributed by atoms with E-state index in [1.807, 2.05) is 18.2 Å². The first-order valence-electron chi connectivity index (χ1n) is 7.29. The lowest BCUT2D eigenvalue weighted by Gasteiger charge is -2.30. The minimum atomic E-state index is -0.743. The number of para-hydroxylation sites is 1. The quantitative estimate of drug-likeness (QED) is 0.798. The number of carboxylic acids is 1. The van der Waals surface area contributed by atoms with Crippen molar-refractivity contribution in [2.24, 2.45) is 11.3 Å². The van der Waals surface area contributed by atoms with Gasteiger partial charge in [-0.05, 0) is 36.3 Å². The molecule has 0 radical (unpaired) electrons. The molecule has 4 heteroatoms. The molecule has 0 spiro atoms. The van der Waals surface area contributed by atoms with Crippen LogP contribution in [-0.4, -0.2) is 17.6 Å². The van der Waals surface area contributed by atoms with Crippen molar-refractivity contribution in [3.8, 4) is 6.07 Å². The van der Waals surface area contributed by atoms with E-state index in [1.165, 1.54) is 0 Å². The largest absolute Gasteiger partial charge is 0.481 e. The monoisotopic (exact) mass is 288 g/mol. The maximum atomic E-state index is 10.8. The summed E-state index contributed by atoms with van der Waals surface area (Å²) in [5, 5.41) is 21.2. The molecule has 1 aromatic rings. The predicted octanol–water partition coefficient (Wildman–Crippen LogP) is 3.89. The molecule has 0 heterocycles. The molecule has 1 aromatic carbocycles. The van der Waals surface area contributed by atoms with Gasteiger partial charge in [0.2, 0.25) is 0 Å². The number of nitriles is 1. The number of anilines is 1. The summed E-state index contributed by atoms with van der Waals surface area (Å²) in [4.78, 5) is 10.8. The maximum Gasteiger partial charge on any atom is 0.303 e. The van der Waals surface area contributed by atoms with Gasteiger partial charge in [-0.1, -0.05) is 32.9 Å². The lowest BCUT2D eigenvalue weighted by Crippen LogP contribution is -2.24. The van der Waals surface area contributed by atoms with E-state index < -0.39 is 5.97 Å². The molecule has 21 heavy (non-hydrogen) atoms. The van der Waals surface area contributed by atoms with Gasteiger partial charge in [0.1, 0.15) is 6.07 Å². The number of carboxylic acid groups (broad SMARTS) is 1.